The Bertz CT molecular complexity index is 646. The maximum Gasteiger partial charge on any atom is 0.255 e. The van der Waals surface area contributed by atoms with E-state index in [4.69, 9.17) is 0 Å². The Kier molecular flexibility index (Phi) is 5.48. The molecule has 1 aliphatic heterocycles. The Balaban J connectivity index is 1.49. The highest BCUT2D eigenvalue weighted by atomic mass is 32.1. The number of carbonyl (C=O) groups excluding carboxylic acids is 1. The summed E-state index contributed by atoms with van der Waals surface area (Å²) in [5.74, 6) is 0.954. The molecule has 0 aromatic carbocycles. The van der Waals surface area contributed by atoms with Crippen molar-refractivity contribution in [2.75, 3.05) is 51.7 Å². The zero-order valence-electron chi connectivity index (χ0n) is 14.3. The van der Waals surface area contributed by atoms with Crippen LogP contribution in [-0.2, 0) is 6.42 Å². The van der Waals surface area contributed by atoms with Crippen LogP contribution in [-0.4, -0.2) is 67.5 Å². The van der Waals surface area contributed by atoms with E-state index in [-0.39, 0.29) is 5.91 Å². The molecule has 0 N–H and O–H groups in total. The van der Waals surface area contributed by atoms with Crippen LogP contribution >= 0.6 is 11.3 Å². The van der Waals surface area contributed by atoms with Crippen molar-refractivity contribution in [2.24, 2.45) is 0 Å². The molecular formula is C18H24N4OS. The van der Waals surface area contributed by atoms with Crippen molar-refractivity contribution in [3.05, 3.63) is 46.3 Å². The molecule has 1 aliphatic rings. The summed E-state index contributed by atoms with van der Waals surface area (Å²) in [6.45, 7) is 4.54. The molecule has 1 amide bonds. The molecule has 3 rings (SSSR count). The fourth-order valence-electron chi connectivity index (χ4n) is 2.86. The van der Waals surface area contributed by atoms with Crippen LogP contribution in [0.1, 0.15) is 15.2 Å². The number of anilines is 1. The third-order valence-corrected chi connectivity index (χ3v) is 5.30. The molecule has 0 saturated carbocycles. The minimum absolute atomic E-state index is 0.0886. The number of nitrogens with zero attached hydrogens (tertiary/aromatic N) is 4. The lowest BCUT2D eigenvalue weighted by atomic mass is 10.2. The van der Waals surface area contributed by atoms with Gasteiger partial charge in [0.05, 0.1) is 5.56 Å². The van der Waals surface area contributed by atoms with Crippen molar-refractivity contribution in [3.8, 4) is 0 Å². The maximum atomic E-state index is 12.6. The second-order valence-corrected chi connectivity index (χ2v) is 7.29. The van der Waals surface area contributed by atoms with Gasteiger partial charge in [0.1, 0.15) is 5.82 Å². The van der Waals surface area contributed by atoms with E-state index in [1.165, 1.54) is 4.88 Å². The number of thiophene rings is 1. The van der Waals surface area contributed by atoms with Crippen molar-refractivity contribution < 1.29 is 4.79 Å². The molecule has 1 saturated heterocycles. The molecule has 0 radical (unpaired) electrons. The number of pyridine rings is 1. The molecule has 0 unspecified atom stereocenters. The maximum absolute atomic E-state index is 12.6. The highest BCUT2D eigenvalue weighted by Gasteiger charge is 2.22. The van der Waals surface area contributed by atoms with E-state index >= 15 is 0 Å². The third-order valence-electron chi connectivity index (χ3n) is 4.37. The minimum Gasteiger partial charge on any atom is -0.363 e. The van der Waals surface area contributed by atoms with Crippen LogP contribution in [0.5, 0.6) is 0 Å². The summed E-state index contributed by atoms with van der Waals surface area (Å²) in [5.41, 5.74) is 0.674. The van der Waals surface area contributed by atoms with Crippen molar-refractivity contribution >= 4 is 23.1 Å². The molecule has 0 spiro atoms. The normalized spacial score (nSPS) is 15.5. The molecule has 0 aliphatic carbocycles. The van der Waals surface area contributed by atoms with E-state index in [9.17, 15) is 4.79 Å². The molecule has 128 valence electrons. The lowest BCUT2D eigenvalue weighted by Gasteiger charge is -2.34. The first-order valence-electron chi connectivity index (χ1n) is 8.31. The number of carbonyl (C=O) groups is 1. The van der Waals surface area contributed by atoms with Gasteiger partial charge in [0.25, 0.3) is 5.91 Å². The standard InChI is InChI=1S/C18H24N4OS/c1-20(2)17-6-5-15(14-19-17)18(23)22-11-9-21(10-12-22)8-7-16-4-3-13-24-16/h3-6,13-14H,7-12H2,1-2H3. The van der Waals surface area contributed by atoms with Crippen molar-refractivity contribution in [2.45, 2.75) is 6.42 Å². The predicted molar refractivity (Wildman–Crippen MR) is 98.9 cm³/mol. The molecule has 0 atom stereocenters. The largest absolute Gasteiger partial charge is 0.363 e. The van der Waals surface area contributed by atoms with Gasteiger partial charge < -0.3 is 9.80 Å². The lowest BCUT2D eigenvalue weighted by molar-refractivity contribution is 0.0638. The van der Waals surface area contributed by atoms with E-state index < -0.39 is 0 Å². The summed E-state index contributed by atoms with van der Waals surface area (Å²) >= 11 is 1.82. The second kappa shape index (κ2) is 7.77. The van der Waals surface area contributed by atoms with E-state index in [1.807, 2.05) is 47.4 Å². The minimum atomic E-state index is 0.0886. The van der Waals surface area contributed by atoms with Gasteiger partial charge in [-0.1, -0.05) is 6.07 Å². The topological polar surface area (TPSA) is 39.7 Å². The van der Waals surface area contributed by atoms with Crippen LogP contribution in [0.15, 0.2) is 35.8 Å². The van der Waals surface area contributed by atoms with E-state index in [0.29, 0.717) is 5.56 Å². The number of amides is 1. The van der Waals surface area contributed by atoms with Crippen LogP contribution < -0.4 is 4.90 Å². The molecule has 1 fully saturated rings. The van der Waals surface area contributed by atoms with E-state index in [0.717, 1.165) is 45.0 Å². The summed E-state index contributed by atoms with van der Waals surface area (Å²) in [6.07, 6.45) is 2.78. The van der Waals surface area contributed by atoms with Crippen molar-refractivity contribution in [1.82, 2.24) is 14.8 Å². The molecular weight excluding hydrogens is 320 g/mol. The van der Waals surface area contributed by atoms with Gasteiger partial charge in [0.2, 0.25) is 0 Å². The Morgan fingerprint density at radius 1 is 1.21 bits per heavy atom. The zero-order chi connectivity index (χ0) is 16.9. The number of hydrogen-bond acceptors (Lipinski definition) is 5. The monoisotopic (exact) mass is 344 g/mol. The second-order valence-electron chi connectivity index (χ2n) is 6.26. The Labute approximate surface area is 147 Å². The molecule has 3 heterocycles. The van der Waals surface area contributed by atoms with Gasteiger partial charge in [-0.25, -0.2) is 4.98 Å². The number of aromatic nitrogens is 1. The van der Waals surface area contributed by atoms with Gasteiger partial charge in [-0.3, -0.25) is 9.69 Å². The van der Waals surface area contributed by atoms with Crippen LogP contribution in [0.3, 0.4) is 0 Å². The van der Waals surface area contributed by atoms with Gasteiger partial charge in [-0.2, -0.15) is 0 Å². The van der Waals surface area contributed by atoms with E-state index in [2.05, 4.69) is 27.4 Å². The SMILES string of the molecule is CN(C)c1ccc(C(=O)N2CCN(CCc3cccs3)CC2)cn1. The Morgan fingerprint density at radius 3 is 2.58 bits per heavy atom. The fraction of sp³-hybridized carbons (Fsp3) is 0.444. The third kappa shape index (κ3) is 4.13. The lowest BCUT2D eigenvalue weighted by Crippen LogP contribution is -2.49. The predicted octanol–water partition coefficient (Wildman–Crippen LogP) is 2.21. The Morgan fingerprint density at radius 2 is 2.00 bits per heavy atom. The zero-order valence-corrected chi connectivity index (χ0v) is 15.1. The first-order valence-corrected chi connectivity index (χ1v) is 9.19. The molecule has 24 heavy (non-hydrogen) atoms. The first kappa shape index (κ1) is 16.9. The van der Waals surface area contributed by atoms with E-state index in [1.54, 1.807) is 6.20 Å². The smallest absolute Gasteiger partial charge is 0.255 e. The molecule has 2 aromatic heterocycles. The van der Waals surface area contributed by atoms with Gasteiger partial charge in [0, 0.05) is 57.9 Å². The molecule has 2 aromatic rings. The van der Waals surface area contributed by atoms with Gasteiger partial charge in [-0.05, 0) is 30.0 Å². The fourth-order valence-corrected chi connectivity index (χ4v) is 3.56. The summed E-state index contributed by atoms with van der Waals surface area (Å²) in [7, 11) is 3.89. The highest BCUT2D eigenvalue weighted by Crippen LogP contribution is 2.13. The number of hydrogen-bond donors (Lipinski definition) is 0. The first-order chi connectivity index (χ1) is 11.6. The van der Waals surface area contributed by atoms with Crippen LogP contribution in [0.25, 0.3) is 0 Å². The molecule has 0 bridgehead atoms. The number of rotatable bonds is 5. The summed E-state index contributed by atoms with van der Waals surface area (Å²) in [5, 5.41) is 2.13. The quantitative estimate of drug-likeness (QED) is 0.834. The average Bonchev–Trinajstić information content (AvgIpc) is 3.13. The summed E-state index contributed by atoms with van der Waals surface area (Å²) in [6, 6.07) is 8.05. The van der Waals surface area contributed by atoms with Crippen LogP contribution in [0, 0.1) is 0 Å². The van der Waals surface area contributed by atoms with Crippen molar-refractivity contribution in [3.63, 3.8) is 0 Å². The Hall–Kier alpha value is -1.92. The van der Waals surface area contributed by atoms with Gasteiger partial charge in [-0.15, -0.1) is 11.3 Å². The van der Waals surface area contributed by atoms with Crippen molar-refractivity contribution in [1.29, 1.82) is 0 Å². The summed E-state index contributed by atoms with van der Waals surface area (Å²) in [4.78, 5) is 24.7. The molecule has 5 nitrogen and oxygen atoms in total. The number of piperazine rings is 1. The average molecular weight is 344 g/mol. The van der Waals surface area contributed by atoms with Crippen LogP contribution in [0.4, 0.5) is 5.82 Å². The van der Waals surface area contributed by atoms with Crippen LogP contribution in [0.2, 0.25) is 0 Å². The molecule has 6 heteroatoms. The summed E-state index contributed by atoms with van der Waals surface area (Å²) < 4.78 is 0. The van der Waals surface area contributed by atoms with Gasteiger partial charge >= 0.3 is 0 Å². The highest BCUT2D eigenvalue weighted by molar-refractivity contribution is 7.09. The van der Waals surface area contributed by atoms with Gasteiger partial charge in [0.15, 0.2) is 0 Å².